The van der Waals surface area contributed by atoms with Gasteiger partial charge in [0.2, 0.25) is 0 Å². The van der Waals surface area contributed by atoms with Gasteiger partial charge in [0.05, 0.1) is 11.3 Å². The molecule has 0 fully saturated rings. The number of carbonyl (C=O) groups is 2. The highest BCUT2D eigenvalue weighted by molar-refractivity contribution is 8.13. The molecule has 1 heterocycles. The average molecular weight is 270 g/mol. The molecule has 0 radical (unpaired) electrons. The van der Waals surface area contributed by atoms with Crippen LogP contribution in [0.5, 0.6) is 0 Å². The topological polar surface area (TPSA) is 67.3 Å². The summed E-state index contributed by atoms with van der Waals surface area (Å²) in [5, 5.41) is 8.73. The maximum Gasteiger partial charge on any atom is 0.338 e. The molecule has 1 aromatic rings. The first-order valence-corrected chi connectivity index (χ1v) is 5.88. The van der Waals surface area contributed by atoms with E-state index in [1.807, 2.05) is 0 Å². The number of carboxylic acid groups (broad SMARTS) is 1. The number of thioether (sulfide) groups is 1. The van der Waals surface area contributed by atoms with E-state index < -0.39 is 5.97 Å². The fourth-order valence-electron chi connectivity index (χ4n) is 0.942. The Morgan fingerprint density at radius 3 is 2.88 bits per heavy atom. The monoisotopic (exact) mass is 269 g/mol. The molecule has 88 valence electrons. The Morgan fingerprint density at radius 1 is 1.59 bits per heavy atom. The SMILES string of the molecule is CC(=O)SCC#Cc1cnc(Cl)c(C(=O)O)c1. The van der Waals surface area contributed by atoms with Gasteiger partial charge < -0.3 is 5.11 Å². The van der Waals surface area contributed by atoms with Crippen molar-refractivity contribution in [1.29, 1.82) is 0 Å². The lowest BCUT2D eigenvalue weighted by Gasteiger charge is -1.97. The van der Waals surface area contributed by atoms with Gasteiger partial charge in [0.15, 0.2) is 5.12 Å². The molecule has 0 bridgehead atoms. The number of hydrogen-bond acceptors (Lipinski definition) is 4. The second-order valence-electron chi connectivity index (χ2n) is 2.95. The molecule has 0 amide bonds. The smallest absolute Gasteiger partial charge is 0.338 e. The number of pyridine rings is 1. The Labute approximate surface area is 107 Å². The summed E-state index contributed by atoms with van der Waals surface area (Å²) >= 11 is 6.69. The second-order valence-corrected chi connectivity index (χ2v) is 4.46. The molecule has 17 heavy (non-hydrogen) atoms. The molecule has 1 rings (SSSR count). The summed E-state index contributed by atoms with van der Waals surface area (Å²) < 4.78 is 0. The quantitative estimate of drug-likeness (QED) is 0.658. The first-order valence-electron chi connectivity index (χ1n) is 4.52. The van der Waals surface area contributed by atoms with E-state index in [0.29, 0.717) is 11.3 Å². The van der Waals surface area contributed by atoms with Crippen LogP contribution in [0.15, 0.2) is 12.3 Å². The molecule has 0 aromatic carbocycles. The summed E-state index contributed by atoms with van der Waals surface area (Å²) in [6.45, 7) is 1.46. The molecular formula is C11H8ClNO3S. The summed E-state index contributed by atoms with van der Waals surface area (Å²) in [4.78, 5) is 25.1. The molecule has 1 N–H and O–H groups in total. The Hall–Kier alpha value is -1.51. The summed E-state index contributed by atoms with van der Waals surface area (Å²) in [5.74, 6) is 4.66. The van der Waals surface area contributed by atoms with E-state index in [1.54, 1.807) is 0 Å². The van der Waals surface area contributed by atoms with E-state index in [0.717, 1.165) is 11.8 Å². The van der Waals surface area contributed by atoms with Gasteiger partial charge in [0, 0.05) is 18.7 Å². The lowest BCUT2D eigenvalue weighted by atomic mass is 10.2. The van der Waals surface area contributed by atoms with E-state index >= 15 is 0 Å². The Morgan fingerprint density at radius 2 is 2.29 bits per heavy atom. The standard InChI is InChI=1S/C11H8ClNO3S/c1-7(14)17-4-2-3-8-5-9(11(15)16)10(12)13-6-8/h5-6H,4H2,1H3,(H,15,16). The van der Waals surface area contributed by atoms with E-state index in [1.165, 1.54) is 19.2 Å². The Bertz CT molecular complexity index is 519. The van der Waals surface area contributed by atoms with Crippen LogP contribution in [0.2, 0.25) is 5.15 Å². The van der Waals surface area contributed by atoms with Crippen molar-refractivity contribution in [3.05, 3.63) is 28.5 Å². The third-order valence-corrected chi connectivity index (χ3v) is 2.65. The highest BCUT2D eigenvalue weighted by Crippen LogP contribution is 2.13. The van der Waals surface area contributed by atoms with Crippen LogP contribution in [0.3, 0.4) is 0 Å². The molecule has 0 saturated heterocycles. The summed E-state index contributed by atoms with van der Waals surface area (Å²) in [5.41, 5.74) is 0.369. The van der Waals surface area contributed by atoms with Crippen LogP contribution in [0.25, 0.3) is 0 Å². The summed E-state index contributed by atoms with van der Waals surface area (Å²) in [6, 6.07) is 1.35. The van der Waals surface area contributed by atoms with Crippen LogP contribution in [-0.2, 0) is 4.79 Å². The third-order valence-electron chi connectivity index (χ3n) is 1.65. The molecule has 0 aliphatic rings. The van der Waals surface area contributed by atoms with Gasteiger partial charge in [-0.25, -0.2) is 9.78 Å². The van der Waals surface area contributed by atoms with Crippen molar-refractivity contribution in [3.8, 4) is 11.8 Å². The molecule has 0 unspecified atom stereocenters. The number of nitrogens with zero attached hydrogens (tertiary/aromatic N) is 1. The number of aromatic carboxylic acids is 1. The molecule has 0 spiro atoms. The van der Waals surface area contributed by atoms with Gasteiger partial charge in [-0.2, -0.15) is 0 Å². The summed E-state index contributed by atoms with van der Waals surface area (Å²) in [6.07, 6.45) is 1.39. The number of rotatable bonds is 2. The molecule has 4 nitrogen and oxygen atoms in total. The predicted molar refractivity (Wildman–Crippen MR) is 66.2 cm³/mol. The van der Waals surface area contributed by atoms with Crippen LogP contribution < -0.4 is 0 Å². The first kappa shape index (κ1) is 13.6. The minimum absolute atomic E-state index is 0.0141. The van der Waals surface area contributed by atoms with Gasteiger partial charge in [-0.1, -0.05) is 35.2 Å². The van der Waals surface area contributed by atoms with Crippen molar-refractivity contribution < 1.29 is 14.7 Å². The van der Waals surface area contributed by atoms with E-state index in [4.69, 9.17) is 16.7 Å². The number of carbonyl (C=O) groups excluding carboxylic acids is 1. The zero-order valence-electron chi connectivity index (χ0n) is 8.86. The van der Waals surface area contributed by atoms with Crippen molar-refractivity contribution >= 4 is 34.4 Å². The molecule has 0 aliphatic carbocycles. The molecule has 0 atom stereocenters. The lowest BCUT2D eigenvalue weighted by molar-refractivity contribution is -0.109. The average Bonchev–Trinajstić information content (AvgIpc) is 2.25. The second kappa shape index (κ2) is 6.28. The predicted octanol–water partition coefficient (Wildman–Crippen LogP) is 2.06. The van der Waals surface area contributed by atoms with Crippen LogP contribution in [0, 0.1) is 11.8 Å². The van der Waals surface area contributed by atoms with Crippen LogP contribution in [0.4, 0.5) is 0 Å². The first-order chi connectivity index (χ1) is 8.00. The maximum atomic E-state index is 10.8. The number of aromatic nitrogens is 1. The van der Waals surface area contributed by atoms with Crippen molar-refractivity contribution in [1.82, 2.24) is 4.98 Å². The normalized spacial score (nSPS) is 9.29. The fraction of sp³-hybridized carbons (Fsp3) is 0.182. The van der Waals surface area contributed by atoms with Crippen LogP contribution in [0.1, 0.15) is 22.8 Å². The maximum absolute atomic E-state index is 10.8. The van der Waals surface area contributed by atoms with Gasteiger partial charge in [-0.15, -0.1) is 0 Å². The van der Waals surface area contributed by atoms with Crippen LogP contribution >= 0.6 is 23.4 Å². The van der Waals surface area contributed by atoms with Crippen LogP contribution in [-0.4, -0.2) is 26.9 Å². The third kappa shape index (κ3) is 4.47. The van der Waals surface area contributed by atoms with Crippen molar-refractivity contribution in [2.45, 2.75) is 6.92 Å². The number of halogens is 1. The molecule has 1 aromatic heterocycles. The fourth-order valence-corrected chi connectivity index (χ4v) is 1.47. The highest BCUT2D eigenvalue weighted by Gasteiger charge is 2.09. The van der Waals surface area contributed by atoms with Gasteiger partial charge in [-0.3, -0.25) is 4.79 Å². The van der Waals surface area contributed by atoms with Crippen molar-refractivity contribution in [2.24, 2.45) is 0 Å². The van der Waals surface area contributed by atoms with Gasteiger partial charge in [0.25, 0.3) is 0 Å². The number of carboxylic acids is 1. The minimum Gasteiger partial charge on any atom is -0.478 e. The largest absolute Gasteiger partial charge is 0.478 e. The van der Waals surface area contributed by atoms with E-state index in [9.17, 15) is 9.59 Å². The van der Waals surface area contributed by atoms with E-state index in [-0.39, 0.29) is 15.8 Å². The molecule has 6 heteroatoms. The van der Waals surface area contributed by atoms with Crippen molar-refractivity contribution in [2.75, 3.05) is 5.75 Å². The molecular weight excluding hydrogens is 262 g/mol. The van der Waals surface area contributed by atoms with Gasteiger partial charge in [0.1, 0.15) is 5.15 Å². The zero-order valence-corrected chi connectivity index (χ0v) is 10.4. The highest BCUT2D eigenvalue weighted by atomic mass is 35.5. The summed E-state index contributed by atoms with van der Waals surface area (Å²) in [7, 11) is 0. The minimum atomic E-state index is -1.15. The van der Waals surface area contributed by atoms with Gasteiger partial charge in [-0.05, 0) is 6.07 Å². The molecule has 0 saturated carbocycles. The molecule has 0 aliphatic heterocycles. The van der Waals surface area contributed by atoms with E-state index in [2.05, 4.69) is 16.8 Å². The van der Waals surface area contributed by atoms with Gasteiger partial charge >= 0.3 is 5.97 Å². The zero-order chi connectivity index (χ0) is 12.8. The Balaban J connectivity index is 2.82. The number of hydrogen-bond donors (Lipinski definition) is 1. The van der Waals surface area contributed by atoms with Crippen molar-refractivity contribution in [3.63, 3.8) is 0 Å². The Kier molecular flexibility index (Phi) is 5.01. The lowest BCUT2D eigenvalue weighted by Crippen LogP contribution is -1.99.